The first-order valence-electron chi connectivity index (χ1n) is 6.90. The maximum atomic E-state index is 11.9. The molecule has 20 heavy (non-hydrogen) atoms. The van der Waals surface area contributed by atoms with Crippen LogP contribution in [0.2, 0.25) is 0 Å². The molecule has 0 bridgehead atoms. The average molecular weight is 280 g/mol. The molecule has 5 nitrogen and oxygen atoms in total. The number of carbonyl (C=O) groups excluding carboxylic acids is 1. The zero-order chi connectivity index (χ0) is 14.8. The predicted molar refractivity (Wildman–Crippen MR) is 79.3 cm³/mol. The SMILES string of the molecule is CCN[C@H](C)CNC(=O)c1ccc(OCCOC)cc1. The lowest BCUT2D eigenvalue weighted by Crippen LogP contribution is -2.38. The van der Waals surface area contributed by atoms with Crippen LogP contribution in [0, 0.1) is 0 Å². The third kappa shape index (κ3) is 6.04. The summed E-state index contributed by atoms with van der Waals surface area (Å²) < 4.78 is 10.3. The molecule has 0 aliphatic rings. The number of nitrogens with one attached hydrogen (secondary N) is 2. The standard InChI is InChI=1S/C15H24N2O3/c1-4-16-12(2)11-17-15(18)13-5-7-14(8-6-13)20-10-9-19-3/h5-8,12,16H,4,9-11H2,1-3H3,(H,17,18)/t12-/m1/s1. The van der Waals surface area contributed by atoms with Crippen molar-refractivity contribution < 1.29 is 14.3 Å². The smallest absolute Gasteiger partial charge is 0.251 e. The first kappa shape index (κ1) is 16.5. The number of methoxy groups -OCH3 is 1. The molecular formula is C15H24N2O3. The van der Waals surface area contributed by atoms with Crippen LogP contribution in [-0.2, 0) is 4.74 Å². The molecule has 5 heteroatoms. The van der Waals surface area contributed by atoms with Gasteiger partial charge in [-0.15, -0.1) is 0 Å². The number of rotatable bonds is 9. The number of carbonyl (C=O) groups is 1. The van der Waals surface area contributed by atoms with Crippen molar-refractivity contribution in [3.8, 4) is 5.75 Å². The monoisotopic (exact) mass is 280 g/mol. The van der Waals surface area contributed by atoms with E-state index in [1.807, 2.05) is 13.8 Å². The number of likely N-dealkylation sites (N-methyl/N-ethyl adjacent to an activating group) is 1. The van der Waals surface area contributed by atoms with Gasteiger partial charge >= 0.3 is 0 Å². The van der Waals surface area contributed by atoms with Crippen molar-refractivity contribution in [1.82, 2.24) is 10.6 Å². The summed E-state index contributed by atoms with van der Waals surface area (Å²) in [6, 6.07) is 7.36. The second-order valence-corrected chi connectivity index (χ2v) is 4.53. The summed E-state index contributed by atoms with van der Waals surface area (Å²) in [5.41, 5.74) is 0.632. The topological polar surface area (TPSA) is 59.6 Å². The first-order chi connectivity index (χ1) is 9.67. The molecule has 0 radical (unpaired) electrons. The molecule has 112 valence electrons. The molecule has 0 aliphatic carbocycles. The molecule has 0 aliphatic heterocycles. The van der Waals surface area contributed by atoms with Gasteiger partial charge in [0.05, 0.1) is 6.61 Å². The Kier molecular flexibility index (Phi) is 7.69. The highest BCUT2D eigenvalue weighted by atomic mass is 16.5. The number of benzene rings is 1. The molecule has 0 aromatic heterocycles. The quantitative estimate of drug-likeness (QED) is 0.672. The van der Waals surface area contributed by atoms with Gasteiger partial charge in [-0.05, 0) is 37.7 Å². The summed E-state index contributed by atoms with van der Waals surface area (Å²) in [5.74, 6) is 0.665. The van der Waals surface area contributed by atoms with E-state index in [0.717, 1.165) is 12.3 Å². The van der Waals surface area contributed by atoms with Crippen LogP contribution in [-0.4, -0.2) is 45.4 Å². The average Bonchev–Trinajstić information content (AvgIpc) is 2.46. The van der Waals surface area contributed by atoms with Gasteiger partial charge in [0, 0.05) is 25.3 Å². The molecule has 1 atom stereocenters. The van der Waals surface area contributed by atoms with Gasteiger partial charge in [0.25, 0.3) is 5.91 Å². The Morgan fingerprint density at radius 3 is 2.55 bits per heavy atom. The van der Waals surface area contributed by atoms with Crippen molar-refractivity contribution in [2.24, 2.45) is 0 Å². The van der Waals surface area contributed by atoms with Gasteiger partial charge in [0.15, 0.2) is 0 Å². The van der Waals surface area contributed by atoms with Crippen LogP contribution >= 0.6 is 0 Å². The van der Waals surface area contributed by atoms with Gasteiger partial charge in [-0.3, -0.25) is 4.79 Å². The van der Waals surface area contributed by atoms with Crippen molar-refractivity contribution >= 4 is 5.91 Å². The van der Waals surface area contributed by atoms with Crippen LogP contribution in [0.5, 0.6) is 5.75 Å². The lowest BCUT2D eigenvalue weighted by atomic mass is 10.2. The second-order valence-electron chi connectivity index (χ2n) is 4.53. The molecule has 1 aromatic carbocycles. The van der Waals surface area contributed by atoms with Crippen LogP contribution in [0.25, 0.3) is 0 Å². The molecule has 0 heterocycles. The minimum Gasteiger partial charge on any atom is -0.491 e. The number of hydrogen-bond donors (Lipinski definition) is 2. The molecule has 2 N–H and O–H groups in total. The zero-order valence-corrected chi connectivity index (χ0v) is 12.4. The highest BCUT2D eigenvalue weighted by Crippen LogP contribution is 2.12. The van der Waals surface area contributed by atoms with Gasteiger partial charge in [-0.2, -0.15) is 0 Å². The maximum absolute atomic E-state index is 11.9. The lowest BCUT2D eigenvalue weighted by molar-refractivity contribution is 0.0950. The number of hydrogen-bond acceptors (Lipinski definition) is 4. The normalized spacial score (nSPS) is 11.9. The van der Waals surface area contributed by atoms with Crippen LogP contribution < -0.4 is 15.4 Å². The molecule has 0 fully saturated rings. The fraction of sp³-hybridized carbons (Fsp3) is 0.533. The van der Waals surface area contributed by atoms with E-state index < -0.39 is 0 Å². The molecule has 1 aromatic rings. The molecular weight excluding hydrogens is 256 g/mol. The summed E-state index contributed by atoms with van der Waals surface area (Å²) >= 11 is 0. The third-order valence-electron chi connectivity index (χ3n) is 2.79. The maximum Gasteiger partial charge on any atom is 0.251 e. The minimum absolute atomic E-state index is 0.0711. The third-order valence-corrected chi connectivity index (χ3v) is 2.79. The van der Waals surface area contributed by atoms with E-state index in [2.05, 4.69) is 10.6 Å². The van der Waals surface area contributed by atoms with E-state index in [9.17, 15) is 4.79 Å². The molecule has 0 spiro atoms. The fourth-order valence-corrected chi connectivity index (χ4v) is 1.71. The summed E-state index contributed by atoms with van der Waals surface area (Å²) in [5, 5.41) is 6.14. The summed E-state index contributed by atoms with van der Waals surface area (Å²) in [4.78, 5) is 11.9. The Morgan fingerprint density at radius 2 is 1.95 bits per heavy atom. The van der Waals surface area contributed by atoms with E-state index in [1.165, 1.54) is 0 Å². The van der Waals surface area contributed by atoms with Crippen molar-refractivity contribution in [1.29, 1.82) is 0 Å². The van der Waals surface area contributed by atoms with Gasteiger partial charge in [-0.25, -0.2) is 0 Å². The van der Waals surface area contributed by atoms with Crippen molar-refractivity contribution in [2.45, 2.75) is 19.9 Å². The number of amides is 1. The second kappa shape index (κ2) is 9.34. The van der Waals surface area contributed by atoms with Gasteiger partial charge in [0.1, 0.15) is 12.4 Å². The van der Waals surface area contributed by atoms with Crippen LogP contribution in [0.15, 0.2) is 24.3 Å². The Bertz CT molecular complexity index is 393. The molecule has 0 saturated carbocycles. The van der Waals surface area contributed by atoms with E-state index in [1.54, 1.807) is 31.4 Å². The van der Waals surface area contributed by atoms with E-state index in [-0.39, 0.29) is 11.9 Å². The minimum atomic E-state index is -0.0711. The van der Waals surface area contributed by atoms with Crippen molar-refractivity contribution in [3.63, 3.8) is 0 Å². The highest BCUT2D eigenvalue weighted by molar-refractivity contribution is 5.94. The largest absolute Gasteiger partial charge is 0.491 e. The Labute approximate surface area is 120 Å². The van der Waals surface area contributed by atoms with Crippen LogP contribution in [0.3, 0.4) is 0 Å². The predicted octanol–water partition coefficient (Wildman–Crippen LogP) is 1.44. The molecule has 0 unspecified atom stereocenters. The Balaban J connectivity index is 2.40. The summed E-state index contributed by atoms with van der Waals surface area (Å²) in [7, 11) is 1.63. The van der Waals surface area contributed by atoms with E-state index in [0.29, 0.717) is 25.3 Å². The summed E-state index contributed by atoms with van der Waals surface area (Å²) in [6.45, 7) is 6.63. The fourth-order valence-electron chi connectivity index (χ4n) is 1.71. The first-order valence-corrected chi connectivity index (χ1v) is 6.90. The number of ether oxygens (including phenoxy) is 2. The zero-order valence-electron chi connectivity index (χ0n) is 12.4. The summed E-state index contributed by atoms with van der Waals surface area (Å²) in [6.07, 6.45) is 0. The van der Waals surface area contributed by atoms with Crippen molar-refractivity contribution in [3.05, 3.63) is 29.8 Å². The molecule has 1 rings (SSSR count). The van der Waals surface area contributed by atoms with E-state index >= 15 is 0 Å². The van der Waals surface area contributed by atoms with E-state index in [4.69, 9.17) is 9.47 Å². The van der Waals surface area contributed by atoms with Crippen LogP contribution in [0.4, 0.5) is 0 Å². The van der Waals surface area contributed by atoms with Crippen molar-refractivity contribution in [2.75, 3.05) is 33.4 Å². The van der Waals surface area contributed by atoms with Gasteiger partial charge in [-0.1, -0.05) is 6.92 Å². The Hall–Kier alpha value is -1.59. The molecule has 0 saturated heterocycles. The van der Waals surface area contributed by atoms with Crippen LogP contribution in [0.1, 0.15) is 24.2 Å². The molecule has 1 amide bonds. The van der Waals surface area contributed by atoms with Gasteiger partial charge in [0.2, 0.25) is 0 Å². The Morgan fingerprint density at radius 1 is 1.25 bits per heavy atom. The lowest BCUT2D eigenvalue weighted by Gasteiger charge is -2.13. The van der Waals surface area contributed by atoms with Gasteiger partial charge < -0.3 is 20.1 Å². The highest BCUT2D eigenvalue weighted by Gasteiger charge is 2.07.